The lowest BCUT2D eigenvalue weighted by Crippen LogP contribution is -2.19. The average molecular weight is 322 g/mol. The third kappa shape index (κ3) is 3.18. The lowest BCUT2D eigenvalue weighted by Gasteiger charge is -2.11. The summed E-state index contributed by atoms with van der Waals surface area (Å²) >= 11 is 0. The van der Waals surface area contributed by atoms with Gasteiger partial charge >= 0.3 is 0 Å². The van der Waals surface area contributed by atoms with Gasteiger partial charge in [0.1, 0.15) is 5.76 Å². The predicted octanol–water partition coefficient (Wildman–Crippen LogP) is 4.29. The zero-order valence-electron chi connectivity index (χ0n) is 14.5. The van der Waals surface area contributed by atoms with Crippen LogP contribution in [-0.4, -0.2) is 9.72 Å². The second-order valence-electron chi connectivity index (χ2n) is 6.48. The van der Waals surface area contributed by atoms with Gasteiger partial charge in [0.15, 0.2) is 0 Å². The minimum absolute atomic E-state index is 0.0135. The largest absolute Gasteiger partial charge is 0.361 e. The molecular weight excluding hydrogens is 300 g/mol. The molecule has 3 aromatic rings. The SMILES string of the molecule is Cc1noc(C)c1-c1ccc(=O)n(Cc2cccc(C(C)C)c2)c1. The quantitative estimate of drug-likeness (QED) is 0.720. The number of hydrogen-bond donors (Lipinski definition) is 0. The van der Waals surface area contributed by atoms with Crippen LogP contribution in [0.4, 0.5) is 0 Å². The molecule has 0 unspecified atom stereocenters. The van der Waals surface area contributed by atoms with Crippen molar-refractivity contribution < 1.29 is 4.52 Å². The van der Waals surface area contributed by atoms with Crippen LogP contribution in [-0.2, 0) is 6.54 Å². The molecule has 0 radical (unpaired) electrons. The summed E-state index contributed by atoms with van der Waals surface area (Å²) in [4.78, 5) is 12.3. The molecular formula is C20H22N2O2. The van der Waals surface area contributed by atoms with Crippen LogP contribution in [0.3, 0.4) is 0 Å². The topological polar surface area (TPSA) is 48.0 Å². The van der Waals surface area contributed by atoms with Gasteiger partial charge in [0.05, 0.1) is 12.2 Å². The molecule has 124 valence electrons. The minimum atomic E-state index is -0.0135. The van der Waals surface area contributed by atoms with Crippen LogP contribution in [0.5, 0.6) is 0 Å². The van der Waals surface area contributed by atoms with E-state index in [0.717, 1.165) is 28.1 Å². The van der Waals surface area contributed by atoms with Crippen LogP contribution in [0.15, 0.2) is 51.9 Å². The fraction of sp³-hybridized carbons (Fsp3) is 0.300. The molecule has 4 nitrogen and oxygen atoms in total. The van der Waals surface area contributed by atoms with Crippen LogP contribution >= 0.6 is 0 Å². The van der Waals surface area contributed by atoms with E-state index in [1.54, 1.807) is 10.6 Å². The van der Waals surface area contributed by atoms with E-state index in [9.17, 15) is 4.79 Å². The van der Waals surface area contributed by atoms with Gasteiger partial charge in [-0.05, 0) is 37.0 Å². The monoisotopic (exact) mass is 322 g/mol. The normalized spacial score (nSPS) is 11.2. The Morgan fingerprint density at radius 2 is 1.96 bits per heavy atom. The molecule has 0 fully saturated rings. The minimum Gasteiger partial charge on any atom is -0.361 e. The Balaban J connectivity index is 1.99. The van der Waals surface area contributed by atoms with Gasteiger partial charge in [-0.15, -0.1) is 0 Å². The number of nitrogens with zero attached hydrogens (tertiary/aromatic N) is 2. The molecule has 0 aliphatic rings. The molecule has 4 heteroatoms. The Hall–Kier alpha value is -2.62. The van der Waals surface area contributed by atoms with E-state index < -0.39 is 0 Å². The smallest absolute Gasteiger partial charge is 0.250 e. The van der Waals surface area contributed by atoms with Crippen LogP contribution in [0.2, 0.25) is 0 Å². The zero-order valence-corrected chi connectivity index (χ0v) is 14.5. The van der Waals surface area contributed by atoms with Crippen molar-refractivity contribution in [1.29, 1.82) is 0 Å². The lowest BCUT2D eigenvalue weighted by atomic mass is 10.0. The van der Waals surface area contributed by atoms with Crippen molar-refractivity contribution in [2.24, 2.45) is 0 Å². The van der Waals surface area contributed by atoms with Crippen molar-refractivity contribution in [1.82, 2.24) is 9.72 Å². The van der Waals surface area contributed by atoms with Crippen LogP contribution < -0.4 is 5.56 Å². The highest BCUT2D eigenvalue weighted by atomic mass is 16.5. The molecule has 24 heavy (non-hydrogen) atoms. The Bertz CT molecular complexity index is 900. The first-order valence-electron chi connectivity index (χ1n) is 8.18. The fourth-order valence-corrected chi connectivity index (χ4v) is 2.95. The summed E-state index contributed by atoms with van der Waals surface area (Å²) in [5.41, 5.74) is 5.13. The molecule has 0 aliphatic heterocycles. The third-order valence-electron chi connectivity index (χ3n) is 4.28. The first-order chi connectivity index (χ1) is 11.5. The molecule has 0 atom stereocenters. The molecule has 2 aromatic heterocycles. The number of benzene rings is 1. The number of hydrogen-bond acceptors (Lipinski definition) is 3. The van der Waals surface area contributed by atoms with E-state index in [2.05, 4.69) is 37.2 Å². The summed E-state index contributed by atoms with van der Waals surface area (Å²) in [5.74, 6) is 1.23. The second kappa shape index (κ2) is 6.48. The molecule has 2 heterocycles. The highest BCUT2D eigenvalue weighted by Crippen LogP contribution is 2.26. The molecule has 0 spiro atoms. The summed E-state index contributed by atoms with van der Waals surface area (Å²) in [7, 11) is 0. The molecule has 0 saturated heterocycles. The van der Waals surface area contributed by atoms with Gasteiger partial charge in [0.2, 0.25) is 0 Å². The Morgan fingerprint density at radius 3 is 2.62 bits per heavy atom. The first-order valence-corrected chi connectivity index (χ1v) is 8.18. The van der Waals surface area contributed by atoms with Gasteiger partial charge in [-0.3, -0.25) is 4.79 Å². The molecule has 0 N–H and O–H groups in total. The maximum absolute atomic E-state index is 12.3. The lowest BCUT2D eigenvalue weighted by molar-refractivity contribution is 0.393. The summed E-state index contributed by atoms with van der Waals surface area (Å²) < 4.78 is 6.98. The Kier molecular flexibility index (Phi) is 4.38. The Labute approximate surface area is 141 Å². The van der Waals surface area contributed by atoms with Gasteiger partial charge in [0, 0.05) is 23.4 Å². The van der Waals surface area contributed by atoms with Gasteiger partial charge in [-0.1, -0.05) is 43.3 Å². The number of rotatable bonds is 4. The van der Waals surface area contributed by atoms with Gasteiger partial charge in [-0.2, -0.15) is 0 Å². The molecule has 0 amide bonds. The second-order valence-corrected chi connectivity index (χ2v) is 6.48. The van der Waals surface area contributed by atoms with Crippen LogP contribution in [0.1, 0.15) is 42.3 Å². The number of aryl methyl sites for hydroxylation is 2. The summed E-state index contributed by atoms with van der Waals surface area (Å²) in [6.07, 6.45) is 1.89. The van der Waals surface area contributed by atoms with Crippen molar-refractivity contribution in [2.75, 3.05) is 0 Å². The van der Waals surface area contributed by atoms with E-state index in [0.29, 0.717) is 12.5 Å². The van der Waals surface area contributed by atoms with Gasteiger partial charge in [-0.25, -0.2) is 0 Å². The average Bonchev–Trinajstić information content (AvgIpc) is 2.89. The molecule has 0 saturated carbocycles. The molecule has 3 rings (SSSR count). The highest BCUT2D eigenvalue weighted by Gasteiger charge is 2.12. The van der Waals surface area contributed by atoms with E-state index in [-0.39, 0.29) is 5.56 Å². The van der Waals surface area contributed by atoms with Gasteiger partial charge in [0.25, 0.3) is 5.56 Å². The van der Waals surface area contributed by atoms with Crippen molar-refractivity contribution in [3.8, 4) is 11.1 Å². The van der Waals surface area contributed by atoms with E-state index in [1.807, 2.05) is 32.2 Å². The summed E-state index contributed by atoms with van der Waals surface area (Å²) in [6, 6.07) is 11.8. The van der Waals surface area contributed by atoms with E-state index >= 15 is 0 Å². The van der Waals surface area contributed by atoms with E-state index in [4.69, 9.17) is 4.52 Å². The third-order valence-corrected chi connectivity index (χ3v) is 4.28. The van der Waals surface area contributed by atoms with Crippen LogP contribution in [0.25, 0.3) is 11.1 Å². The number of pyridine rings is 1. The summed E-state index contributed by atoms with van der Waals surface area (Å²) in [5, 5.41) is 4.00. The zero-order chi connectivity index (χ0) is 17.3. The fourth-order valence-electron chi connectivity index (χ4n) is 2.95. The standard InChI is InChI=1S/C20H22N2O2/c1-13(2)17-7-5-6-16(10-17)11-22-12-18(8-9-19(22)23)20-14(3)21-24-15(20)4/h5-10,12-13H,11H2,1-4H3. The van der Waals surface area contributed by atoms with Crippen LogP contribution in [0, 0.1) is 13.8 Å². The molecule has 0 aliphatic carbocycles. The van der Waals surface area contributed by atoms with Crippen molar-refractivity contribution >= 4 is 0 Å². The summed E-state index contributed by atoms with van der Waals surface area (Å²) in [6.45, 7) is 8.69. The Morgan fingerprint density at radius 1 is 1.17 bits per heavy atom. The number of aromatic nitrogens is 2. The van der Waals surface area contributed by atoms with Crippen molar-refractivity contribution in [3.63, 3.8) is 0 Å². The molecule has 1 aromatic carbocycles. The van der Waals surface area contributed by atoms with Crippen molar-refractivity contribution in [2.45, 2.75) is 40.2 Å². The maximum Gasteiger partial charge on any atom is 0.250 e. The maximum atomic E-state index is 12.3. The van der Waals surface area contributed by atoms with E-state index in [1.165, 1.54) is 5.56 Å². The highest BCUT2D eigenvalue weighted by molar-refractivity contribution is 5.66. The predicted molar refractivity (Wildman–Crippen MR) is 95.3 cm³/mol. The molecule has 0 bridgehead atoms. The van der Waals surface area contributed by atoms with Gasteiger partial charge < -0.3 is 9.09 Å². The first kappa shape index (κ1) is 16.2. The van der Waals surface area contributed by atoms with Crippen molar-refractivity contribution in [3.05, 3.63) is 75.5 Å².